The Morgan fingerprint density at radius 2 is 2.00 bits per heavy atom. The standard InChI is InChI=1S/C19H27NO2/c1-4-19(22,18(3)10-5-6-11-18)13-20-12-16-14(2)8-7-9-15(16)17(20)21/h7-9,22H,4-6,10-13H2,1-3H3/t19-/m1/s1. The monoisotopic (exact) mass is 301 g/mol. The van der Waals surface area contributed by atoms with Gasteiger partial charge in [0.1, 0.15) is 0 Å². The van der Waals surface area contributed by atoms with Crippen LogP contribution in [0.2, 0.25) is 0 Å². The molecule has 3 nitrogen and oxygen atoms in total. The van der Waals surface area contributed by atoms with E-state index in [1.165, 1.54) is 18.4 Å². The van der Waals surface area contributed by atoms with Crippen LogP contribution in [0.4, 0.5) is 0 Å². The van der Waals surface area contributed by atoms with E-state index < -0.39 is 5.60 Å². The molecule has 120 valence electrons. The third-order valence-corrected chi connectivity index (χ3v) is 6.14. The molecule has 1 amide bonds. The van der Waals surface area contributed by atoms with Crippen molar-refractivity contribution >= 4 is 5.91 Å². The van der Waals surface area contributed by atoms with Gasteiger partial charge in [0, 0.05) is 12.1 Å². The number of nitrogens with zero attached hydrogens (tertiary/aromatic N) is 1. The summed E-state index contributed by atoms with van der Waals surface area (Å²) in [4.78, 5) is 14.5. The molecule has 1 aromatic rings. The van der Waals surface area contributed by atoms with Crippen LogP contribution in [0.15, 0.2) is 18.2 Å². The molecule has 2 aliphatic rings. The summed E-state index contributed by atoms with van der Waals surface area (Å²) in [5.41, 5.74) is 2.26. The minimum atomic E-state index is -0.783. The first-order chi connectivity index (χ1) is 10.4. The second-order valence-electron chi connectivity index (χ2n) is 7.42. The quantitative estimate of drug-likeness (QED) is 0.921. The number of hydrogen-bond donors (Lipinski definition) is 1. The number of fused-ring (bicyclic) bond motifs is 1. The van der Waals surface area contributed by atoms with E-state index >= 15 is 0 Å². The van der Waals surface area contributed by atoms with Gasteiger partial charge in [0.2, 0.25) is 0 Å². The molecule has 1 atom stereocenters. The van der Waals surface area contributed by atoms with Gasteiger partial charge in [-0.2, -0.15) is 0 Å². The normalized spacial score (nSPS) is 22.7. The molecule has 1 heterocycles. The molecular formula is C19H27NO2. The molecule has 1 aliphatic heterocycles. The molecule has 0 aromatic heterocycles. The van der Waals surface area contributed by atoms with Crippen molar-refractivity contribution in [3.05, 3.63) is 34.9 Å². The third-order valence-electron chi connectivity index (χ3n) is 6.14. The molecule has 1 aliphatic carbocycles. The van der Waals surface area contributed by atoms with E-state index in [-0.39, 0.29) is 11.3 Å². The molecule has 22 heavy (non-hydrogen) atoms. The summed E-state index contributed by atoms with van der Waals surface area (Å²) in [6, 6.07) is 5.91. The van der Waals surface area contributed by atoms with Crippen LogP contribution in [-0.2, 0) is 6.54 Å². The maximum absolute atomic E-state index is 12.7. The van der Waals surface area contributed by atoms with Crippen LogP contribution in [0.3, 0.4) is 0 Å². The molecule has 1 fully saturated rings. The highest BCUT2D eigenvalue weighted by Crippen LogP contribution is 2.48. The molecular weight excluding hydrogens is 274 g/mol. The Kier molecular flexibility index (Phi) is 3.80. The highest BCUT2D eigenvalue weighted by atomic mass is 16.3. The SMILES string of the molecule is CC[C@@](O)(CN1Cc2c(C)cccc2C1=O)C1(C)CCCC1. The maximum atomic E-state index is 12.7. The smallest absolute Gasteiger partial charge is 0.254 e. The predicted molar refractivity (Wildman–Crippen MR) is 87.7 cm³/mol. The summed E-state index contributed by atoms with van der Waals surface area (Å²) in [6.45, 7) is 7.39. The zero-order valence-electron chi connectivity index (χ0n) is 14.0. The summed E-state index contributed by atoms with van der Waals surface area (Å²) in [7, 11) is 0. The number of carbonyl (C=O) groups is 1. The Morgan fingerprint density at radius 1 is 1.32 bits per heavy atom. The van der Waals surface area contributed by atoms with Crippen molar-refractivity contribution in [3.63, 3.8) is 0 Å². The zero-order chi connectivity index (χ0) is 16.0. The fourth-order valence-corrected chi connectivity index (χ4v) is 4.34. The Hall–Kier alpha value is -1.35. The summed E-state index contributed by atoms with van der Waals surface area (Å²) < 4.78 is 0. The Morgan fingerprint density at radius 3 is 2.59 bits per heavy atom. The summed E-state index contributed by atoms with van der Waals surface area (Å²) >= 11 is 0. The van der Waals surface area contributed by atoms with E-state index in [2.05, 4.69) is 19.9 Å². The van der Waals surface area contributed by atoms with Crippen LogP contribution in [-0.4, -0.2) is 28.1 Å². The average molecular weight is 301 g/mol. The Balaban J connectivity index is 1.84. The van der Waals surface area contributed by atoms with Crippen LogP contribution < -0.4 is 0 Å². The molecule has 0 unspecified atom stereocenters. The molecule has 0 saturated heterocycles. The minimum absolute atomic E-state index is 0.0636. The number of β-amino-alcohol motifs (C(OH)–C–C–N with tert-alkyl or cyclic N) is 1. The van der Waals surface area contributed by atoms with Gasteiger partial charge in [-0.05, 0) is 48.8 Å². The minimum Gasteiger partial charge on any atom is -0.387 e. The van der Waals surface area contributed by atoms with E-state index in [0.29, 0.717) is 19.5 Å². The van der Waals surface area contributed by atoms with Crippen LogP contribution >= 0.6 is 0 Å². The molecule has 1 saturated carbocycles. The highest BCUT2D eigenvalue weighted by molar-refractivity contribution is 5.98. The lowest BCUT2D eigenvalue weighted by atomic mass is 9.70. The Bertz CT molecular complexity index is 589. The molecule has 0 radical (unpaired) electrons. The fraction of sp³-hybridized carbons (Fsp3) is 0.632. The Labute approximate surface area is 133 Å². The van der Waals surface area contributed by atoms with Crippen LogP contribution in [0.25, 0.3) is 0 Å². The molecule has 0 spiro atoms. The van der Waals surface area contributed by atoms with Gasteiger partial charge in [0.15, 0.2) is 0 Å². The van der Waals surface area contributed by atoms with Crippen molar-refractivity contribution in [2.75, 3.05) is 6.54 Å². The number of benzene rings is 1. The van der Waals surface area contributed by atoms with Gasteiger partial charge in [-0.15, -0.1) is 0 Å². The molecule has 3 heteroatoms. The summed E-state index contributed by atoms with van der Waals surface area (Å²) in [5, 5.41) is 11.3. The number of aliphatic hydroxyl groups is 1. The van der Waals surface area contributed by atoms with Crippen molar-refractivity contribution in [3.8, 4) is 0 Å². The average Bonchev–Trinajstić information content (AvgIpc) is 3.07. The topological polar surface area (TPSA) is 40.5 Å². The van der Waals surface area contributed by atoms with Crippen LogP contribution in [0, 0.1) is 12.3 Å². The van der Waals surface area contributed by atoms with Crippen molar-refractivity contribution in [2.24, 2.45) is 5.41 Å². The van der Waals surface area contributed by atoms with Gasteiger partial charge in [0.05, 0.1) is 12.1 Å². The lowest BCUT2D eigenvalue weighted by molar-refractivity contribution is -0.0915. The third kappa shape index (κ3) is 2.26. The zero-order valence-corrected chi connectivity index (χ0v) is 14.0. The summed E-state index contributed by atoms with van der Waals surface area (Å²) in [6.07, 6.45) is 5.19. The van der Waals surface area contributed by atoms with Crippen molar-refractivity contribution in [2.45, 2.75) is 65.0 Å². The lowest BCUT2D eigenvalue weighted by Crippen LogP contribution is -2.53. The largest absolute Gasteiger partial charge is 0.387 e. The molecule has 1 N–H and O–H groups in total. The van der Waals surface area contributed by atoms with Gasteiger partial charge >= 0.3 is 0 Å². The number of aryl methyl sites for hydroxylation is 1. The van der Waals surface area contributed by atoms with E-state index in [9.17, 15) is 9.90 Å². The second kappa shape index (κ2) is 5.38. The van der Waals surface area contributed by atoms with E-state index in [4.69, 9.17) is 0 Å². The maximum Gasteiger partial charge on any atom is 0.254 e. The number of rotatable bonds is 4. The van der Waals surface area contributed by atoms with Gasteiger partial charge in [-0.3, -0.25) is 4.79 Å². The van der Waals surface area contributed by atoms with Crippen LogP contribution in [0.1, 0.15) is 67.4 Å². The van der Waals surface area contributed by atoms with Gasteiger partial charge < -0.3 is 10.0 Å². The van der Waals surface area contributed by atoms with Crippen molar-refractivity contribution in [1.82, 2.24) is 4.90 Å². The number of amides is 1. The molecule has 3 rings (SSSR count). The first-order valence-electron chi connectivity index (χ1n) is 8.50. The van der Waals surface area contributed by atoms with E-state index in [1.807, 2.05) is 24.0 Å². The number of hydrogen-bond acceptors (Lipinski definition) is 2. The van der Waals surface area contributed by atoms with Crippen molar-refractivity contribution in [1.29, 1.82) is 0 Å². The van der Waals surface area contributed by atoms with Gasteiger partial charge in [-0.1, -0.05) is 38.8 Å². The van der Waals surface area contributed by atoms with E-state index in [1.54, 1.807) is 0 Å². The van der Waals surface area contributed by atoms with Crippen molar-refractivity contribution < 1.29 is 9.90 Å². The first kappa shape index (κ1) is 15.5. The molecule has 1 aromatic carbocycles. The second-order valence-corrected chi connectivity index (χ2v) is 7.42. The van der Waals surface area contributed by atoms with Crippen LogP contribution in [0.5, 0.6) is 0 Å². The first-order valence-corrected chi connectivity index (χ1v) is 8.50. The predicted octanol–water partition coefficient (Wildman–Crippen LogP) is 3.67. The van der Waals surface area contributed by atoms with E-state index in [0.717, 1.165) is 24.0 Å². The lowest BCUT2D eigenvalue weighted by Gasteiger charge is -2.44. The summed E-state index contributed by atoms with van der Waals surface area (Å²) in [5.74, 6) is 0.0761. The molecule has 0 bridgehead atoms. The highest BCUT2D eigenvalue weighted by Gasteiger charge is 2.49. The number of carbonyl (C=O) groups excluding carboxylic acids is 1. The van der Waals surface area contributed by atoms with Gasteiger partial charge in [-0.25, -0.2) is 0 Å². The fourth-order valence-electron chi connectivity index (χ4n) is 4.34. The van der Waals surface area contributed by atoms with Gasteiger partial charge in [0.25, 0.3) is 5.91 Å².